The van der Waals surface area contributed by atoms with Crippen molar-refractivity contribution in [2.45, 2.75) is 12.5 Å². The Morgan fingerprint density at radius 1 is 1.55 bits per heavy atom. The second-order valence-corrected chi connectivity index (χ2v) is 2.33. The van der Waals surface area contributed by atoms with Gasteiger partial charge in [-0.2, -0.15) is 0 Å². The second kappa shape index (κ2) is 4.03. The van der Waals surface area contributed by atoms with E-state index in [-0.39, 0.29) is 6.42 Å². The summed E-state index contributed by atoms with van der Waals surface area (Å²) in [7, 11) is 0. The van der Waals surface area contributed by atoms with Gasteiger partial charge in [0.05, 0.1) is 6.10 Å². The summed E-state index contributed by atoms with van der Waals surface area (Å²) >= 11 is 0. The first-order chi connectivity index (χ1) is 5.33. The lowest BCUT2D eigenvalue weighted by Gasteiger charge is -2.03. The lowest BCUT2D eigenvalue weighted by atomic mass is 10.2. The Morgan fingerprint density at radius 2 is 2.36 bits per heavy atom. The number of aliphatic hydroxyl groups is 1. The third-order valence-electron chi connectivity index (χ3n) is 1.35. The Morgan fingerprint density at radius 3 is 2.91 bits per heavy atom. The fourth-order valence-electron chi connectivity index (χ4n) is 0.815. The average molecular weight is 155 g/mol. The predicted molar refractivity (Wildman–Crippen MR) is 39.9 cm³/mol. The molecule has 0 fully saturated rings. The molecule has 0 aliphatic rings. The zero-order valence-electron chi connectivity index (χ0n) is 6.07. The van der Waals surface area contributed by atoms with E-state index >= 15 is 0 Å². The van der Waals surface area contributed by atoms with Gasteiger partial charge in [-0.05, 0) is 12.1 Å². The van der Waals surface area contributed by atoms with Gasteiger partial charge in [-0.15, -0.1) is 0 Å². The van der Waals surface area contributed by atoms with Crippen molar-refractivity contribution < 1.29 is 9.50 Å². The molecule has 0 bridgehead atoms. The average Bonchev–Trinajstić information content (AvgIpc) is 2.06. The molecule has 1 rings (SSSR count). The minimum Gasteiger partial charge on any atom is -0.390 e. The number of alkyl halides is 1. The number of pyridine rings is 1. The number of aromatic nitrogens is 1. The molecule has 1 N–H and O–H groups in total. The summed E-state index contributed by atoms with van der Waals surface area (Å²) in [6.07, 6.45) is 1.00. The summed E-state index contributed by atoms with van der Waals surface area (Å²) in [5.41, 5.74) is 0.720. The molecule has 0 saturated carbocycles. The summed E-state index contributed by atoms with van der Waals surface area (Å²) in [6, 6.07) is 5.36. The third kappa shape index (κ3) is 2.63. The molecule has 1 aromatic heterocycles. The van der Waals surface area contributed by atoms with Gasteiger partial charge in [0.2, 0.25) is 0 Å². The van der Waals surface area contributed by atoms with Gasteiger partial charge < -0.3 is 5.11 Å². The number of aliphatic hydroxyl groups excluding tert-OH is 1. The van der Waals surface area contributed by atoms with Gasteiger partial charge in [0, 0.05) is 18.3 Å². The van der Waals surface area contributed by atoms with Crippen molar-refractivity contribution in [1.29, 1.82) is 0 Å². The van der Waals surface area contributed by atoms with Gasteiger partial charge in [0.25, 0.3) is 0 Å². The minimum atomic E-state index is -0.912. The Hall–Kier alpha value is -0.960. The standard InChI is InChI=1S/C8H10FNO/c9-6-8(11)5-7-3-1-2-4-10-7/h1-4,8,11H,5-6H2. The summed E-state index contributed by atoms with van der Waals surface area (Å²) in [6.45, 7) is -0.712. The highest BCUT2D eigenvalue weighted by Crippen LogP contribution is 1.98. The van der Waals surface area contributed by atoms with Crippen LogP contribution in [0.3, 0.4) is 0 Å². The van der Waals surface area contributed by atoms with E-state index in [1.54, 1.807) is 18.3 Å². The first kappa shape index (κ1) is 8.14. The van der Waals surface area contributed by atoms with Crippen LogP contribution in [0.4, 0.5) is 4.39 Å². The van der Waals surface area contributed by atoms with Crippen LogP contribution in [0.15, 0.2) is 24.4 Å². The molecule has 0 amide bonds. The molecular weight excluding hydrogens is 145 g/mol. The van der Waals surface area contributed by atoms with E-state index < -0.39 is 12.8 Å². The van der Waals surface area contributed by atoms with Gasteiger partial charge in [0.1, 0.15) is 6.67 Å². The number of halogens is 1. The number of rotatable bonds is 3. The molecule has 3 heteroatoms. The maximum atomic E-state index is 11.8. The summed E-state index contributed by atoms with van der Waals surface area (Å²) < 4.78 is 11.8. The zero-order valence-corrected chi connectivity index (χ0v) is 6.07. The maximum Gasteiger partial charge on any atom is 0.116 e. The lowest BCUT2D eigenvalue weighted by Crippen LogP contribution is -2.13. The molecule has 0 saturated heterocycles. The first-order valence-electron chi connectivity index (χ1n) is 3.47. The van der Waals surface area contributed by atoms with Crippen LogP contribution >= 0.6 is 0 Å². The molecule has 60 valence electrons. The molecule has 0 aliphatic carbocycles. The zero-order chi connectivity index (χ0) is 8.10. The molecule has 1 unspecified atom stereocenters. The maximum absolute atomic E-state index is 11.8. The Labute approximate surface area is 64.7 Å². The van der Waals surface area contributed by atoms with Gasteiger partial charge in [-0.25, -0.2) is 4.39 Å². The summed E-state index contributed by atoms with van der Waals surface area (Å²) in [5, 5.41) is 8.90. The van der Waals surface area contributed by atoms with Gasteiger partial charge >= 0.3 is 0 Å². The van der Waals surface area contributed by atoms with Crippen LogP contribution in [-0.2, 0) is 6.42 Å². The molecule has 1 heterocycles. The topological polar surface area (TPSA) is 33.1 Å². The molecule has 0 aliphatic heterocycles. The van der Waals surface area contributed by atoms with Gasteiger partial charge in [-0.3, -0.25) is 4.98 Å². The van der Waals surface area contributed by atoms with Crippen LogP contribution in [0.1, 0.15) is 5.69 Å². The molecule has 1 atom stereocenters. The minimum absolute atomic E-state index is 0.289. The molecule has 1 aromatic rings. The van der Waals surface area contributed by atoms with Crippen molar-refractivity contribution in [2.75, 3.05) is 6.67 Å². The largest absolute Gasteiger partial charge is 0.390 e. The lowest BCUT2D eigenvalue weighted by molar-refractivity contribution is 0.139. The normalized spacial score (nSPS) is 12.9. The van der Waals surface area contributed by atoms with E-state index in [0.29, 0.717) is 0 Å². The van der Waals surface area contributed by atoms with Crippen molar-refractivity contribution in [2.24, 2.45) is 0 Å². The number of hydrogen-bond donors (Lipinski definition) is 1. The highest BCUT2D eigenvalue weighted by molar-refractivity contribution is 5.04. The summed E-state index contributed by atoms with van der Waals surface area (Å²) in [4.78, 5) is 3.94. The van der Waals surface area contributed by atoms with Crippen LogP contribution in [0.25, 0.3) is 0 Å². The molecule has 0 spiro atoms. The predicted octanol–water partition coefficient (Wildman–Crippen LogP) is 0.955. The second-order valence-electron chi connectivity index (χ2n) is 2.33. The van der Waals surface area contributed by atoms with E-state index in [2.05, 4.69) is 4.98 Å². The molecule has 0 aromatic carbocycles. The smallest absolute Gasteiger partial charge is 0.116 e. The van der Waals surface area contributed by atoms with Crippen molar-refractivity contribution in [3.63, 3.8) is 0 Å². The Kier molecular flexibility index (Phi) is 2.98. The van der Waals surface area contributed by atoms with E-state index in [1.807, 2.05) is 6.07 Å². The fraction of sp³-hybridized carbons (Fsp3) is 0.375. The van der Waals surface area contributed by atoms with Crippen LogP contribution in [0.2, 0.25) is 0 Å². The summed E-state index contributed by atoms with van der Waals surface area (Å²) in [5.74, 6) is 0. The molecule has 0 radical (unpaired) electrons. The first-order valence-corrected chi connectivity index (χ1v) is 3.47. The van der Waals surface area contributed by atoms with E-state index in [0.717, 1.165) is 5.69 Å². The van der Waals surface area contributed by atoms with Crippen LogP contribution in [0.5, 0.6) is 0 Å². The monoisotopic (exact) mass is 155 g/mol. The van der Waals surface area contributed by atoms with Crippen molar-refractivity contribution in [3.8, 4) is 0 Å². The highest BCUT2D eigenvalue weighted by atomic mass is 19.1. The Balaban J connectivity index is 2.51. The fourth-order valence-corrected chi connectivity index (χ4v) is 0.815. The molecular formula is C8H10FNO. The van der Waals surface area contributed by atoms with Crippen LogP contribution in [-0.4, -0.2) is 22.9 Å². The SMILES string of the molecule is OC(CF)Cc1ccccn1. The van der Waals surface area contributed by atoms with Crippen LogP contribution < -0.4 is 0 Å². The van der Waals surface area contributed by atoms with E-state index in [4.69, 9.17) is 5.11 Å². The van der Waals surface area contributed by atoms with Crippen molar-refractivity contribution in [1.82, 2.24) is 4.98 Å². The number of hydrogen-bond acceptors (Lipinski definition) is 2. The van der Waals surface area contributed by atoms with E-state index in [9.17, 15) is 4.39 Å². The third-order valence-corrected chi connectivity index (χ3v) is 1.35. The van der Waals surface area contributed by atoms with E-state index in [1.165, 1.54) is 0 Å². The highest BCUT2D eigenvalue weighted by Gasteiger charge is 2.03. The van der Waals surface area contributed by atoms with Gasteiger partial charge in [0.15, 0.2) is 0 Å². The number of nitrogens with zero attached hydrogens (tertiary/aromatic N) is 1. The molecule has 11 heavy (non-hydrogen) atoms. The quantitative estimate of drug-likeness (QED) is 0.705. The molecule has 2 nitrogen and oxygen atoms in total. The van der Waals surface area contributed by atoms with Crippen LogP contribution in [0, 0.1) is 0 Å². The Bertz CT molecular complexity index is 203. The van der Waals surface area contributed by atoms with Crippen molar-refractivity contribution >= 4 is 0 Å². The van der Waals surface area contributed by atoms with Crippen molar-refractivity contribution in [3.05, 3.63) is 30.1 Å². The van der Waals surface area contributed by atoms with Gasteiger partial charge in [-0.1, -0.05) is 6.07 Å².